The van der Waals surface area contributed by atoms with Gasteiger partial charge in [0.15, 0.2) is 0 Å². The van der Waals surface area contributed by atoms with Crippen LogP contribution in [0.2, 0.25) is 0 Å². The Balaban J connectivity index is 2.37. The summed E-state index contributed by atoms with van der Waals surface area (Å²) in [5.74, 6) is 1.21. The average molecular weight is 415 g/mol. The molecule has 5 heteroatoms. The van der Waals surface area contributed by atoms with E-state index < -0.39 is 0 Å². The fourth-order valence-corrected chi connectivity index (χ4v) is 3.24. The van der Waals surface area contributed by atoms with E-state index in [1.807, 2.05) is 18.2 Å². The van der Waals surface area contributed by atoms with Crippen LogP contribution in [0.25, 0.3) is 16.7 Å². The van der Waals surface area contributed by atoms with Crippen LogP contribution in [0.15, 0.2) is 45.3 Å². The van der Waals surface area contributed by atoms with Crippen LogP contribution in [-0.4, -0.2) is 9.55 Å². The molecule has 3 rings (SSSR count). The van der Waals surface area contributed by atoms with Gasteiger partial charge in [-0.2, -0.15) is 0 Å². The van der Waals surface area contributed by atoms with E-state index >= 15 is 0 Å². The van der Waals surface area contributed by atoms with Gasteiger partial charge in [0.05, 0.1) is 22.6 Å². The fraction of sp³-hybridized carbons (Fsp3) is 0.133. The Morgan fingerprint density at radius 2 is 2.00 bits per heavy atom. The number of aromatic nitrogens is 2. The number of halogens is 3. The van der Waals surface area contributed by atoms with E-state index in [1.54, 1.807) is 0 Å². The first kappa shape index (κ1) is 14.1. The van der Waals surface area contributed by atoms with Crippen LogP contribution in [0, 0.1) is 6.92 Å². The van der Waals surface area contributed by atoms with Crippen LogP contribution in [0.5, 0.6) is 0 Å². The van der Waals surface area contributed by atoms with Gasteiger partial charge in [0.2, 0.25) is 0 Å². The second-order valence-corrected chi connectivity index (χ2v) is 6.51. The summed E-state index contributed by atoms with van der Waals surface area (Å²) in [5.41, 5.74) is 4.23. The Hall–Kier alpha value is -0.840. The lowest BCUT2D eigenvalue weighted by molar-refractivity contribution is 0.974. The smallest absolute Gasteiger partial charge is 0.129 e. The zero-order valence-electron chi connectivity index (χ0n) is 10.7. The van der Waals surface area contributed by atoms with Crippen molar-refractivity contribution >= 4 is 54.5 Å². The molecule has 102 valence electrons. The quantitative estimate of drug-likeness (QED) is 0.499. The SMILES string of the molecule is Cc1cccc(-n2c(CCl)nc3cc(Br)ccc32)c1Br. The molecule has 1 aromatic heterocycles. The van der Waals surface area contributed by atoms with Crippen molar-refractivity contribution in [1.82, 2.24) is 9.55 Å². The minimum Gasteiger partial charge on any atom is -0.294 e. The summed E-state index contributed by atoms with van der Waals surface area (Å²) >= 11 is 13.2. The van der Waals surface area contributed by atoms with Crippen LogP contribution < -0.4 is 0 Å². The number of rotatable bonds is 2. The molecule has 1 heterocycles. The maximum atomic E-state index is 6.08. The van der Waals surface area contributed by atoms with Crippen LogP contribution in [-0.2, 0) is 5.88 Å². The van der Waals surface area contributed by atoms with Crippen LogP contribution >= 0.6 is 43.5 Å². The molecule has 0 aliphatic heterocycles. The molecule has 0 amide bonds. The molecule has 0 N–H and O–H groups in total. The summed E-state index contributed by atoms with van der Waals surface area (Å²) in [4.78, 5) is 4.62. The van der Waals surface area contributed by atoms with Crippen molar-refractivity contribution in [3.8, 4) is 5.69 Å². The van der Waals surface area contributed by atoms with E-state index in [0.717, 1.165) is 31.5 Å². The minimum atomic E-state index is 0.368. The lowest BCUT2D eigenvalue weighted by Crippen LogP contribution is -2.01. The Labute approximate surface area is 139 Å². The first-order chi connectivity index (χ1) is 9.61. The summed E-state index contributed by atoms with van der Waals surface area (Å²) in [6, 6.07) is 12.3. The standard InChI is InChI=1S/C15H11Br2ClN2/c1-9-3-2-4-13(15(9)17)20-12-6-5-10(16)7-11(12)19-14(20)8-18/h2-7H,8H2,1H3. The first-order valence-corrected chi connectivity index (χ1v) is 8.22. The summed E-state index contributed by atoms with van der Waals surface area (Å²) in [6.45, 7) is 2.07. The van der Waals surface area contributed by atoms with Crippen molar-refractivity contribution < 1.29 is 0 Å². The Bertz CT molecular complexity index is 796. The molecule has 0 aliphatic carbocycles. The minimum absolute atomic E-state index is 0.368. The van der Waals surface area contributed by atoms with Crippen LogP contribution in [0.1, 0.15) is 11.4 Å². The lowest BCUT2D eigenvalue weighted by Gasteiger charge is -2.11. The highest BCUT2D eigenvalue weighted by atomic mass is 79.9. The third-order valence-corrected chi connectivity index (χ3v) is 4.98. The van der Waals surface area contributed by atoms with Gasteiger partial charge in [-0.25, -0.2) is 4.98 Å². The van der Waals surface area contributed by atoms with E-state index in [4.69, 9.17) is 11.6 Å². The zero-order valence-corrected chi connectivity index (χ0v) is 14.6. The van der Waals surface area contributed by atoms with Gasteiger partial charge in [-0.3, -0.25) is 4.57 Å². The number of nitrogens with zero attached hydrogens (tertiary/aromatic N) is 2. The molecule has 0 radical (unpaired) electrons. The number of imidazole rings is 1. The van der Waals surface area contributed by atoms with Gasteiger partial charge in [-0.1, -0.05) is 28.1 Å². The molecule has 0 bridgehead atoms. The number of hydrogen-bond acceptors (Lipinski definition) is 1. The van der Waals surface area contributed by atoms with Gasteiger partial charge in [0.1, 0.15) is 5.82 Å². The third kappa shape index (κ3) is 2.30. The monoisotopic (exact) mass is 412 g/mol. The van der Waals surface area contributed by atoms with Crippen molar-refractivity contribution in [2.24, 2.45) is 0 Å². The molecule has 2 nitrogen and oxygen atoms in total. The van der Waals surface area contributed by atoms with E-state index in [-0.39, 0.29) is 0 Å². The van der Waals surface area contributed by atoms with Gasteiger partial charge in [0, 0.05) is 8.95 Å². The van der Waals surface area contributed by atoms with Crippen molar-refractivity contribution in [1.29, 1.82) is 0 Å². The Morgan fingerprint density at radius 1 is 1.20 bits per heavy atom. The van der Waals surface area contributed by atoms with Gasteiger partial charge >= 0.3 is 0 Å². The van der Waals surface area contributed by atoms with Crippen LogP contribution in [0.4, 0.5) is 0 Å². The van der Waals surface area contributed by atoms with E-state index in [2.05, 4.69) is 66.5 Å². The van der Waals surface area contributed by atoms with E-state index in [9.17, 15) is 0 Å². The average Bonchev–Trinajstić information content (AvgIpc) is 2.79. The first-order valence-electron chi connectivity index (χ1n) is 6.10. The van der Waals surface area contributed by atoms with Crippen molar-refractivity contribution in [2.75, 3.05) is 0 Å². The summed E-state index contributed by atoms with van der Waals surface area (Å²) in [6.07, 6.45) is 0. The molecule has 3 aromatic rings. The molecule has 0 fully saturated rings. The Kier molecular flexibility index (Phi) is 3.89. The highest BCUT2D eigenvalue weighted by Crippen LogP contribution is 2.30. The Morgan fingerprint density at radius 3 is 2.75 bits per heavy atom. The molecule has 0 atom stereocenters. The topological polar surface area (TPSA) is 17.8 Å². The molecular formula is C15H11Br2ClN2. The molecule has 0 unspecified atom stereocenters. The number of aryl methyl sites for hydroxylation is 1. The van der Waals surface area contributed by atoms with Gasteiger partial charge in [-0.05, 0) is 52.7 Å². The fourth-order valence-electron chi connectivity index (χ4n) is 2.27. The van der Waals surface area contributed by atoms with E-state index in [0.29, 0.717) is 5.88 Å². The second kappa shape index (κ2) is 5.51. The molecule has 0 saturated carbocycles. The van der Waals surface area contributed by atoms with Gasteiger partial charge in [0.25, 0.3) is 0 Å². The van der Waals surface area contributed by atoms with E-state index in [1.165, 1.54) is 5.56 Å². The summed E-state index contributed by atoms with van der Waals surface area (Å²) < 4.78 is 4.18. The van der Waals surface area contributed by atoms with Gasteiger partial charge < -0.3 is 0 Å². The number of fused-ring (bicyclic) bond motifs is 1. The largest absolute Gasteiger partial charge is 0.294 e. The summed E-state index contributed by atoms with van der Waals surface area (Å²) in [5, 5.41) is 0. The van der Waals surface area contributed by atoms with Crippen molar-refractivity contribution in [2.45, 2.75) is 12.8 Å². The molecule has 0 saturated heterocycles. The molecule has 20 heavy (non-hydrogen) atoms. The van der Waals surface area contributed by atoms with Crippen molar-refractivity contribution in [3.63, 3.8) is 0 Å². The predicted molar refractivity (Wildman–Crippen MR) is 90.8 cm³/mol. The number of benzene rings is 2. The zero-order chi connectivity index (χ0) is 14.3. The molecule has 0 aliphatic rings. The predicted octanol–water partition coefficient (Wildman–Crippen LogP) is 5.60. The third-order valence-electron chi connectivity index (χ3n) is 3.22. The molecule has 0 spiro atoms. The lowest BCUT2D eigenvalue weighted by atomic mass is 10.2. The number of hydrogen-bond donors (Lipinski definition) is 0. The molecular weight excluding hydrogens is 403 g/mol. The van der Waals surface area contributed by atoms with Crippen LogP contribution in [0.3, 0.4) is 0 Å². The maximum absolute atomic E-state index is 6.08. The van der Waals surface area contributed by atoms with Gasteiger partial charge in [-0.15, -0.1) is 11.6 Å². The van der Waals surface area contributed by atoms with Crippen molar-refractivity contribution in [3.05, 3.63) is 56.7 Å². The number of alkyl halides is 1. The normalized spacial score (nSPS) is 11.2. The highest BCUT2D eigenvalue weighted by Gasteiger charge is 2.14. The molecule has 2 aromatic carbocycles. The maximum Gasteiger partial charge on any atom is 0.129 e. The highest BCUT2D eigenvalue weighted by molar-refractivity contribution is 9.10. The summed E-state index contributed by atoms with van der Waals surface area (Å²) in [7, 11) is 0. The second-order valence-electron chi connectivity index (χ2n) is 4.54.